The zero-order valence-corrected chi connectivity index (χ0v) is 14.0. The second-order valence-electron chi connectivity index (χ2n) is 6.25. The van der Waals surface area contributed by atoms with Gasteiger partial charge in [-0.1, -0.05) is 0 Å². The first-order chi connectivity index (χ1) is 8.78. The fourth-order valence-corrected chi connectivity index (χ4v) is 2.59. The Kier molecular flexibility index (Phi) is 6.47. The molecule has 1 N–H and O–H groups in total. The fourth-order valence-electron chi connectivity index (χ4n) is 1.60. The Bertz CT molecular complexity index is 380. The maximum Gasteiger partial charge on any atom is 0.0728 e. The van der Waals surface area contributed by atoms with Crippen LogP contribution in [-0.2, 0) is 17.9 Å². The highest BCUT2D eigenvalue weighted by Gasteiger charge is 2.11. The van der Waals surface area contributed by atoms with Crippen molar-refractivity contribution >= 4 is 11.3 Å². The Labute approximate surface area is 122 Å². The van der Waals surface area contributed by atoms with E-state index in [-0.39, 0.29) is 5.54 Å². The van der Waals surface area contributed by atoms with E-state index in [9.17, 15) is 0 Å². The average Bonchev–Trinajstić information content (AvgIpc) is 2.62. The first-order valence-corrected chi connectivity index (χ1v) is 7.65. The van der Waals surface area contributed by atoms with Crippen LogP contribution in [-0.4, -0.2) is 37.7 Å². The number of nitrogens with zero attached hydrogens (tertiary/aromatic N) is 1. The Morgan fingerprint density at radius 2 is 2.00 bits per heavy atom. The highest BCUT2D eigenvalue weighted by molar-refractivity contribution is 7.12. The molecule has 0 atom stereocenters. The second kappa shape index (κ2) is 7.39. The van der Waals surface area contributed by atoms with Crippen LogP contribution in [0.25, 0.3) is 0 Å². The van der Waals surface area contributed by atoms with Gasteiger partial charge in [-0.15, -0.1) is 11.3 Å². The molecule has 1 aromatic rings. The summed E-state index contributed by atoms with van der Waals surface area (Å²) < 4.78 is 5.71. The minimum absolute atomic E-state index is 0.167. The summed E-state index contributed by atoms with van der Waals surface area (Å²) in [6.07, 6.45) is 0. The normalized spacial score (nSPS) is 12.4. The first kappa shape index (κ1) is 16.6. The number of aryl methyl sites for hydroxylation is 1. The van der Waals surface area contributed by atoms with Crippen molar-refractivity contribution in [1.29, 1.82) is 0 Å². The van der Waals surface area contributed by atoms with Crippen molar-refractivity contribution < 1.29 is 4.74 Å². The first-order valence-electron chi connectivity index (χ1n) is 6.83. The Hall–Kier alpha value is -0.420. The summed E-state index contributed by atoms with van der Waals surface area (Å²) in [4.78, 5) is 4.90. The van der Waals surface area contributed by atoms with Gasteiger partial charge in [0.05, 0.1) is 13.2 Å². The lowest BCUT2D eigenvalue weighted by atomic mass is 10.1. The lowest BCUT2D eigenvalue weighted by Crippen LogP contribution is -2.34. The summed E-state index contributed by atoms with van der Waals surface area (Å²) >= 11 is 1.87. The quantitative estimate of drug-likeness (QED) is 0.779. The minimum atomic E-state index is 0.167. The van der Waals surface area contributed by atoms with Gasteiger partial charge in [0.1, 0.15) is 0 Å². The molecule has 1 heterocycles. The van der Waals surface area contributed by atoms with E-state index < -0.39 is 0 Å². The van der Waals surface area contributed by atoms with E-state index >= 15 is 0 Å². The van der Waals surface area contributed by atoms with Crippen LogP contribution in [0.5, 0.6) is 0 Å². The van der Waals surface area contributed by atoms with Gasteiger partial charge in [-0.3, -0.25) is 0 Å². The lowest BCUT2D eigenvalue weighted by Gasteiger charge is -2.19. The van der Waals surface area contributed by atoms with E-state index in [1.54, 1.807) is 0 Å². The molecule has 0 bridgehead atoms. The topological polar surface area (TPSA) is 24.5 Å². The van der Waals surface area contributed by atoms with Crippen LogP contribution in [0.4, 0.5) is 0 Å². The number of rotatable bonds is 7. The predicted molar refractivity (Wildman–Crippen MR) is 83.9 cm³/mol. The van der Waals surface area contributed by atoms with Gasteiger partial charge < -0.3 is 15.0 Å². The molecule has 0 aliphatic rings. The summed E-state index contributed by atoms with van der Waals surface area (Å²) in [5, 5.41) is 3.52. The fraction of sp³-hybridized carbons (Fsp3) is 0.733. The molecule has 0 spiro atoms. The molecule has 0 aliphatic carbocycles. The number of nitrogens with one attached hydrogen (secondary N) is 1. The van der Waals surface area contributed by atoms with Crippen molar-refractivity contribution in [2.45, 2.75) is 46.4 Å². The third-order valence-corrected chi connectivity index (χ3v) is 3.90. The van der Waals surface area contributed by atoms with Crippen molar-refractivity contribution in [1.82, 2.24) is 10.2 Å². The average molecular weight is 284 g/mol. The minimum Gasteiger partial charge on any atom is -0.375 e. The van der Waals surface area contributed by atoms with Crippen molar-refractivity contribution in [3.05, 3.63) is 21.4 Å². The van der Waals surface area contributed by atoms with E-state index in [2.05, 4.69) is 58.1 Å². The molecule has 0 amide bonds. The second-order valence-corrected chi connectivity index (χ2v) is 7.59. The molecule has 3 nitrogen and oxygen atoms in total. The molecule has 4 heteroatoms. The molecular weight excluding hydrogens is 256 g/mol. The zero-order valence-electron chi connectivity index (χ0n) is 13.2. The van der Waals surface area contributed by atoms with Gasteiger partial charge in [0.25, 0.3) is 0 Å². The molecule has 1 aromatic heterocycles. The van der Waals surface area contributed by atoms with Crippen LogP contribution in [0.2, 0.25) is 0 Å². The molecule has 19 heavy (non-hydrogen) atoms. The number of likely N-dealkylation sites (N-methyl/N-ethyl adjacent to an activating group) is 1. The smallest absolute Gasteiger partial charge is 0.0728 e. The molecular formula is C15H28N2OS. The molecule has 0 unspecified atom stereocenters. The zero-order chi connectivity index (χ0) is 14.5. The monoisotopic (exact) mass is 284 g/mol. The van der Waals surface area contributed by atoms with Gasteiger partial charge in [0.2, 0.25) is 0 Å². The number of hydrogen-bond donors (Lipinski definition) is 1. The molecule has 0 saturated heterocycles. The van der Waals surface area contributed by atoms with Gasteiger partial charge in [-0.2, -0.15) is 0 Å². The van der Waals surface area contributed by atoms with Gasteiger partial charge in [-0.25, -0.2) is 0 Å². The van der Waals surface area contributed by atoms with E-state index in [0.717, 1.165) is 26.3 Å². The highest BCUT2D eigenvalue weighted by Crippen LogP contribution is 2.22. The maximum atomic E-state index is 5.71. The van der Waals surface area contributed by atoms with Crippen molar-refractivity contribution in [2.75, 3.05) is 27.2 Å². The molecule has 0 fully saturated rings. The molecule has 1 rings (SSSR count). The summed E-state index contributed by atoms with van der Waals surface area (Å²) in [5.74, 6) is 0. The highest BCUT2D eigenvalue weighted by atomic mass is 32.1. The van der Waals surface area contributed by atoms with E-state index in [4.69, 9.17) is 4.74 Å². The summed E-state index contributed by atoms with van der Waals surface area (Å²) in [7, 11) is 4.13. The Balaban J connectivity index is 2.41. The van der Waals surface area contributed by atoms with Crippen LogP contribution in [0.3, 0.4) is 0 Å². The van der Waals surface area contributed by atoms with Crippen LogP contribution >= 0.6 is 11.3 Å². The van der Waals surface area contributed by atoms with Crippen LogP contribution in [0.1, 0.15) is 36.1 Å². The molecule has 0 aromatic carbocycles. The van der Waals surface area contributed by atoms with Crippen molar-refractivity contribution in [3.8, 4) is 0 Å². The standard InChI is InChI=1S/C15H28N2OS/c1-12-13(11-18-8-7-17(5)6)9-14(19-12)10-16-15(2,3)4/h9,16H,7-8,10-11H2,1-6H3. The van der Waals surface area contributed by atoms with Crippen LogP contribution < -0.4 is 5.32 Å². The summed E-state index contributed by atoms with van der Waals surface area (Å²) in [6.45, 7) is 12.2. The van der Waals surface area contributed by atoms with E-state index in [1.807, 2.05) is 11.3 Å². The maximum absolute atomic E-state index is 5.71. The number of ether oxygens (including phenoxy) is 1. The van der Waals surface area contributed by atoms with E-state index in [0.29, 0.717) is 0 Å². The SMILES string of the molecule is Cc1sc(CNC(C)(C)C)cc1COCCN(C)C. The van der Waals surface area contributed by atoms with Gasteiger partial charge in [-0.05, 0) is 53.4 Å². The third-order valence-electron chi connectivity index (χ3n) is 2.80. The number of thiophene rings is 1. The molecule has 0 radical (unpaired) electrons. The third kappa shape index (κ3) is 7.06. The van der Waals surface area contributed by atoms with Crippen molar-refractivity contribution in [2.24, 2.45) is 0 Å². The predicted octanol–water partition coefficient (Wildman–Crippen LogP) is 3.02. The molecule has 0 saturated carbocycles. The number of hydrogen-bond acceptors (Lipinski definition) is 4. The van der Waals surface area contributed by atoms with Crippen molar-refractivity contribution in [3.63, 3.8) is 0 Å². The largest absolute Gasteiger partial charge is 0.375 e. The summed E-state index contributed by atoms with van der Waals surface area (Å²) in [6, 6.07) is 2.27. The van der Waals surface area contributed by atoms with Gasteiger partial charge >= 0.3 is 0 Å². The van der Waals surface area contributed by atoms with Gasteiger partial charge in [0, 0.05) is 28.4 Å². The molecule has 0 aliphatic heterocycles. The Morgan fingerprint density at radius 3 is 2.58 bits per heavy atom. The molecule has 110 valence electrons. The van der Waals surface area contributed by atoms with Crippen LogP contribution in [0, 0.1) is 6.92 Å². The Morgan fingerprint density at radius 1 is 1.32 bits per heavy atom. The lowest BCUT2D eigenvalue weighted by molar-refractivity contribution is 0.105. The summed E-state index contributed by atoms with van der Waals surface area (Å²) in [5.41, 5.74) is 1.50. The van der Waals surface area contributed by atoms with Crippen LogP contribution in [0.15, 0.2) is 6.07 Å². The van der Waals surface area contributed by atoms with E-state index in [1.165, 1.54) is 15.3 Å². The van der Waals surface area contributed by atoms with Gasteiger partial charge in [0.15, 0.2) is 0 Å².